The Morgan fingerprint density at radius 3 is 2.93 bits per heavy atom. The molecule has 1 aromatic rings. The molecule has 1 aromatic heterocycles. The van der Waals surface area contributed by atoms with Crippen molar-refractivity contribution in [3.05, 3.63) is 11.9 Å². The summed E-state index contributed by atoms with van der Waals surface area (Å²) in [7, 11) is 3.62. The Morgan fingerprint density at radius 1 is 1.50 bits per heavy atom. The zero-order chi connectivity index (χ0) is 10.4. The number of nitrogens with one attached hydrogen (secondary N) is 1. The lowest BCUT2D eigenvalue weighted by Crippen LogP contribution is -2.19. The van der Waals surface area contributed by atoms with Gasteiger partial charge in [-0.25, -0.2) is 0 Å². The number of aromatic nitrogens is 2. The Balaban J connectivity index is 2.44. The van der Waals surface area contributed by atoms with Crippen molar-refractivity contribution in [1.82, 2.24) is 15.1 Å². The van der Waals surface area contributed by atoms with E-state index in [9.17, 15) is 0 Å². The van der Waals surface area contributed by atoms with Gasteiger partial charge < -0.3 is 10.1 Å². The zero-order valence-electron chi connectivity index (χ0n) is 9.21. The lowest BCUT2D eigenvalue weighted by atomic mass is 10.3. The second-order valence-electron chi connectivity index (χ2n) is 3.28. The third-order valence-corrected chi connectivity index (χ3v) is 2.21. The molecule has 0 unspecified atom stereocenters. The molecule has 0 aromatic carbocycles. The van der Waals surface area contributed by atoms with Crippen molar-refractivity contribution in [2.75, 3.05) is 20.2 Å². The zero-order valence-corrected chi connectivity index (χ0v) is 9.21. The highest BCUT2D eigenvalue weighted by Crippen LogP contribution is 2.16. The summed E-state index contributed by atoms with van der Waals surface area (Å²) in [5.41, 5.74) is 1.15. The van der Waals surface area contributed by atoms with Gasteiger partial charge in [0, 0.05) is 20.0 Å². The quantitative estimate of drug-likeness (QED) is 0.691. The van der Waals surface area contributed by atoms with Gasteiger partial charge in [0.1, 0.15) is 0 Å². The summed E-state index contributed by atoms with van der Waals surface area (Å²) in [5.74, 6) is 0.880. The van der Waals surface area contributed by atoms with Gasteiger partial charge in [-0.05, 0) is 13.0 Å². The molecule has 0 aliphatic carbocycles. The van der Waals surface area contributed by atoms with Gasteiger partial charge in [0.05, 0.1) is 19.0 Å². The van der Waals surface area contributed by atoms with Crippen LogP contribution in [-0.4, -0.2) is 30.0 Å². The number of methoxy groups -OCH3 is 1. The minimum atomic E-state index is 0.880. The van der Waals surface area contributed by atoms with E-state index in [4.69, 9.17) is 4.74 Å². The van der Waals surface area contributed by atoms with E-state index in [1.165, 1.54) is 6.42 Å². The van der Waals surface area contributed by atoms with Crippen molar-refractivity contribution < 1.29 is 4.74 Å². The van der Waals surface area contributed by atoms with Crippen LogP contribution >= 0.6 is 0 Å². The first-order chi connectivity index (χ1) is 6.79. The molecule has 1 heterocycles. The van der Waals surface area contributed by atoms with Gasteiger partial charge >= 0.3 is 0 Å². The van der Waals surface area contributed by atoms with E-state index >= 15 is 0 Å². The van der Waals surface area contributed by atoms with Gasteiger partial charge in [-0.3, -0.25) is 4.68 Å². The first kappa shape index (κ1) is 11.0. The fraction of sp³-hybridized carbons (Fsp3) is 0.700. The standard InChI is InChI=1S/C10H19N3O/c1-4-6-11-7-5-9-10(14-3)8-12-13(9)2/h8,11H,4-7H2,1-3H3. The first-order valence-electron chi connectivity index (χ1n) is 5.05. The highest BCUT2D eigenvalue weighted by Gasteiger charge is 2.07. The maximum atomic E-state index is 5.21. The Bertz CT molecular complexity index is 270. The average Bonchev–Trinajstić information content (AvgIpc) is 2.55. The van der Waals surface area contributed by atoms with Crippen molar-refractivity contribution in [3.8, 4) is 5.75 Å². The summed E-state index contributed by atoms with van der Waals surface area (Å²) in [4.78, 5) is 0. The van der Waals surface area contributed by atoms with E-state index in [-0.39, 0.29) is 0 Å². The molecule has 0 saturated carbocycles. The largest absolute Gasteiger partial charge is 0.493 e. The molecule has 0 fully saturated rings. The number of rotatable bonds is 6. The van der Waals surface area contributed by atoms with Gasteiger partial charge in [-0.15, -0.1) is 0 Å². The molecular weight excluding hydrogens is 178 g/mol. The number of nitrogens with zero attached hydrogens (tertiary/aromatic N) is 2. The summed E-state index contributed by atoms with van der Waals surface area (Å²) in [6.45, 7) is 4.21. The van der Waals surface area contributed by atoms with Crippen LogP contribution in [-0.2, 0) is 13.5 Å². The molecule has 0 bridgehead atoms. The topological polar surface area (TPSA) is 39.1 Å². The summed E-state index contributed by atoms with van der Waals surface area (Å²) in [6, 6.07) is 0. The lowest BCUT2D eigenvalue weighted by molar-refractivity contribution is 0.407. The van der Waals surface area contributed by atoms with E-state index in [0.29, 0.717) is 0 Å². The molecule has 80 valence electrons. The maximum Gasteiger partial charge on any atom is 0.159 e. The minimum absolute atomic E-state index is 0.880. The van der Waals surface area contributed by atoms with Crippen molar-refractivity contribution in [2.24, 2.45) is 7.05 Å². The third kappa shape index (κ3) is 2.73. The van der Waals surface area contributed by atoms with Gasteiger partial charge in [-0.1, -0.05) is 6.92 Å². The average molecular weight is 197 g/mol. The molecule has 0 spiro atoms. The van der Waals surface area contributed by atoms with Gasteiger partial charge in [0.15, 0.2) is 5.75 Å². The molecular formula is C10H19N3O. The summed E-state index contributed by atoms with van der Waals surface area (Å²) in [5, 5.41) is 7.51. The van der Waals surface area contributed by atoms with E-state index in [0.717, 1.165) is 31.0 Å². The molecule has 0 atom stereocenters. The van der Waals surface area contributed by atoms with Crippen LogP contribution in [0.25, 0.3) is 0 Å². The second kappa shape index (κ2) is 5.65. The summed E-state index contributed by atoms with van der Waals surface area (Å²) in [6.07, 6.45) is 3.89. The second-order valence-corrected chi connectivity index (χ2v) is 3.28. The number of hydrogen-bond acceptors (Lipinski definition) is 3. The van der Waals surface area contributed by atoms with Gasteiger partial charge in [-0.2, -0.15) is 5.10 Å². The number of aryl methyl sites for hydroxylation is 1. The van der Waals surface area contributed by atoms with E-state index < -0.39 is 0 Å². The van der Waals surface area contributed by atoms with Gasteiger partial charge in [0.2, 0.25) is 0 Å². The van der Waals surface area contributed by atoms with Crippen LogP contribution in [0.5, 0.6) is 5.75 Å². The SMILES string of the molecule is CCCNCCc1c(OC)cnn1C. The molecule has 0 saturated heterocycles. The van der Waals surface area contributed by atoms with Crippen LogP contribution in [0.2, 0.25) is 0 Å². The van der Waals surface area contributed by atoms with E-state index in [2.05, 4.69) is 17.3 Å². The lowest BCUT2D eigenvalue weighted by Gasteiger charge is -2.05. The van der Waals surface area contributed by atoms with Crippen LogP contribution in [0.1, 0.15) is 19.0 Å². The van der Waals surface area contributed by atoms with Crippen molar-refractivity contribution in [1.29, 1.82) is 0 Å². The Hall–Kier alpha value is -1.03. The third-order valence-electron chi connectivity index (χ3n) is 2.21. The predicted octanol–water partition coefficient (Wildman–Crippen LogP) is 0.971. The van der Waals surface area contributed by atoms with Crippen LogP contribution in [0.3, 0.4) is 0 Å². The molecule has 1 N–H and O–H groups in total. The molecule has 0 aliphatic heterocycles. The van der Waals surface area contributed by atoms with Crippen LogP contribution in [0.15, 0.2) is 6.20 Å². The molecule has 0 amide bonds. The Labute approximate surface area is 85.3 Å². The molecule has 4 heteroatoms. The van der Waals surface area contributed by atoms with Crippen LogP contribution < -0.4 is 10.1 Å². The number of hydrogen-bond donors (Lipinski definition) is 1. The Morgan fingerprint density at radius 2 is 2.29 bits per heavy atom. The van der Waals surface area contributed by atoms with Gasteiger partial charge in [0.25, 0.3) is 0 Å². The number of ether oxygens (including phenoxy) is 1. The molecule has 0 aliphatic rings. The molecule has 14 heavy (non-hydrogen) atoms. The van der Waals surface area contributed by atoms with Crippen molar-refractivity contribution in [3.63, 3.8) is 0 Å². The molecule has 1 rings (SSSR count). The summed E-state index contributed by atoms with van der Waals surface area (Å²) >= 11 is 0. The monoisotopic (exact) mass is 197 g/mol. The smallest absolute Gasteiger partial charge is 0.159 e. The first-order valence-corrected chi connectivity index (χ1v) is 5.05. The highest BCUT2D eigenvalue weighted by atomic mass is 16.5. The van der Waals surface area contributed by atoms with E-state index in [1.807, 2.05) is 11.7 Å². The predicted molar refractivity (Wildman–Crippen MR) is 56.6 cm³/mol. The molecule has 4 nitrogen and oxygen atoms in total. The molecule has 0 radical (unpaired) electrons. The van der Waals surface area contributed by atoms with Crippen LogP contribution in [0, 0.1) is 0 Å². The maximum absolute atomic E-state index is 5.21. The van der Waals surface area contributed by atoms with E-state index in [1.54, 1.807) is 13.3 Å². The van der Waals surface area contributed by atoms with Crippen molar-refractivity contribution >= 4 is 0 Å². The Kier molecular flexibility index (Phi) is 4.46. The highest BCUT2D eigenvalue weighted by molar-refractivity contribution is 5.25. The van der Waals surface area contributed by atoms with Crippen LogP contribution in [0.4, 0.5) is 0 Å². The summed E-state index contributed by atoms with van der Waals surface area (Å²) < 4.78 is 7.08. The van der Waals surface area contributed by atoms with Crippen molar-refractivity contribution in [2.45, 2.75) is 19.8 Å². The fourth-order valence-corrected chi connectivity index (χ4v) is 1.41. The fourth-order valence-electron chi connectivity index (χ4n) is 1.41. The normalized spacial score (nSPS) is 10.5. The minimum Gasteiger partial charge on any atom is -0.493 e.